The monoisotopic (exact) mass is 286 g/mol. The topological polar surface area (TPSA) is 51.2 Å². The number of carbonyl (C=O) groups is 1. The molecule has 5 heteroatoms. The highest BCUT2D eigenvalue weighted by atomic mass is 79.9. The lowest BCUT2D eigenvalue weighted by Crippen LogP contribution is -2.17. The molecule has 0 radical (unpaired) electrons. The molecule has 0 aliphatic heterocycles. The number of anilines is 1. The van der Waals surface area contributed by atoms with E-state index in [0.29, 0.717) is 18.3 Å². The molecule has 0 saturated carbocycles. The van der Waals surface area contributed by atoms with Crippen molar-refractivity contribution < 1.29 is 9.53 Å². The number of amides is 1. The highest BCUT2D eigenvalue weighted by molar-refractivity contribution is 9.10. The maximum absolute atomic E-state index is 11.3. The highest BCUT2D eigenvalue weighted by Gasteiger charge is 2.06. The van der Waals surface area contributed by atoms with E-state index in [0.717, 1.165) is 10.0 Å². The number of halogens is 1. The fourth-order valence-corrected chi connectivity index (χ4v) is 1.21. The normalized spacial score (nSPS) is 10.3. The van der Waals surface area contributed by atoms with Crippen LogP contribution < -0.4 is 5.32 Å². The first kappa shape index (κ1) is 13.0. The highest BCUT2D eigenvalue weighted by Crippen LogP contribution is 2.17. The summed E-state index contributed by atoms with van der Waals surface area (Å²) in [4.78, 5) is 15.4. The average Bonchev–Trinajstić information content (AvgIpc) is 2.21. The van der Waals surface area contributed by atoms with E-state index in [2.05, 4.69) is 26.2 Å². The van der Waals surface area contributed by atoms with Crippen molar-refractivity contribution in [1.29, 1.82) is 0 Å². The van der Waals surface area contributed by atoms with E-state index in [1.807, 2.05) is 20.8 Å². The molecule has 0 atom stereocenters. The average molecular weight is 287 g/mol. The van der Waals surface area contributed by atoms with Crippen LogP contribution in [0.4, 0.5) is 10.6 Å². The van der Waals surface area contributed by atoms with Gasteiger partial charge in [0, 0.05) is 10.7 Å². The van der Waals surface area contributed by atoms with Crippen LogP contribution in [0.3, 0.4) is 0 Å². The van der Waals surface area contributed by atoms with E-state index in [9.17, 15) is 4.79 Å². The number of rotatable bonds is 3. The summed E-state index contributed by atoms with van der Waals surface area (Å²) < 4.78 is 5.89. The van der Waals surface area contributed by atoms with Crippen LogP contribution in [-0.2, 0) is 4.74 Å². The lowest BCUT2D eigenvalue weighted by atomic mass is 10.2. The quantitative estimate of drug-likeness (QED) is 0.927. The van der Waals surface area contributed by atoms with Gasteiger partial charge in [0.05, 0.1) is 6.61 Å². The maximum Gasteiger partial charge on any atom is 0.412 e. The van der Waals surface area contributed by atoms with E-state index in [1.165, 1.54) is 0 Å². The van der Waals surface area contributed by atoms with Gasteiger partial charge in [0.25, 0.3) is 0 Å². The third kappa shape index (κ3) is 4.18. The van der Waals surface area contributed by atoms with E-state index in [-0.39, 0.29) is 0 Å². The van der Waals surface area contributed by atoms with Gasteiger partial charge in [0.15, 0.2) is 0 Å². The van der Waals surface area contributed by atoms with E-state index >= 15 is 0 Å². The number of hydrogen-bond acceptors (Lipinski definition) is 3. The molecule has 88 valence electrons. The molecule has 0 unspecified atom stereocenters. The van der Waals surface area contributed by atoms with Gasteiger partial charge in [-0.25, -0.2) is 9.78 Å². The maximum atomic E-state index is 11.3. The number of pyridine rings is 1. The number of hydrogen-bond donors (Lipinski definition) is 1. The third-order valence-corrected chi connectivity index (χ3v) is 2.65. The first-order valence-electron chi connectivity index (χ1n) is 5.05. The van der Waals surface area contributed by atoms with Crippen LogP contribution in [0.1, 0.15) is 19.4 Å². The summed E-state index contributed by atoms with van der Waals surface area (Å²) in [5.41, 5.74) is 1.01. The van der Waals surface area contributed by atoms with Crippen LogP contribution in [0.5, 0.6) is 0 Å². The summed E-state index contributed by atoms with van der Waals surface area (Å²) in [7, 11) is 0. The Bertz CT molecular complexity index is 380. The van der Waals surface area contributed by atoms with Crippen LogP contribution in [0.25, 0.3) is 0 Å². The van der Waals surface area contributed by atoms with Crippen LogP contribution in [-0.4, -0.2) is 17.7 Å². The first-order chi connectivity index (χ1) is 7.49. The zero-order valence-corrected chi connectivity index (χ0v) is 11.2. The number of carbonyl (C=O) groups excluding carboxylic acids is 1. The van der Waals surface area contributed by atoms with Gasteiger partial charge >= 0.3 is 6.09 Å². The summed E-state index contributed by atoms with van der Waals surface area (Å²) in [5, 5.41) is 2.57. The fourth-order valence-electron chi connectivity index (χ4n) is 0.991. The van der Waals surface area contributed by atoms with E-state index < -0.39 is 6.09 Å². The van der Waals surface area contributed by atoms with E-state index in [4.69, 9.17) is 4.74 Å². The molecule has 1 heterocycles. The summed E-state index contributed by atoms with van der Waals surface area (Å²) in [5.74, 6) is 0.819. The zero-order chi connectivity index (χ0) is 12.1. The second-order valence-electron chi connectivity index (χ2n) is 3.94. The van der Waals surface area contributed by atoms with Crippen LogP contribution >= 0.6 is 15.9 Å². The van der Waals surface area contributed by atoms with Crippen molar-refractivity contribution in [2.75, 3.05) is 11.9 Å². The summed E-state index contributed by atoms with van der Waals surface area (Å²) in [6.45, 7) is 6.29. The molecule has 0 aromatic carbocycles. The SMILES string of the molecule is Cc1cc(NC(=O)OCC(C)C)ncc1Br. The number of ether oxygens (including phenoxy) is 1. The Labute approximate surface area is 104 Å². The molecule has 0 saturated heterocycles. The Morgan fingerprint density at radius 2 is 2.31 bits per heavy atom. The van der Waals surface area contributed by atoms with Gasteiger partial charge in [0.1, 0.15) is 5.82 Å². The van der Waals surface area contributed by atoms with Crippen LogP contribution in [0.15, 0.2) is 16.7 Å². The molecule has 0 aliphatic carbocycles. The first-order valence-corrected chi connectivity index (χ1v) is 5.84. The largest absolute Gasteiger partial charge is 0.449 e. The Kier molecular flexibility index (Phi) is 4.73. The number of nitrogens with zero attached hydrogens (tertiary/aromatic N) is 1. The molecule has 1 amide bonds. The molecule has 0 bridgehead atoms. The molecule has 0 fully saturated rings. The summed E-state index contributed by atoms with van der Waals surface area (Å²) in [6.07, 6.45) is 1.18. The van der Waals surface area contributed by atoms with Crippen molar-refractivity contribution >= 4 is 27.8 Å². The molecule has 0 aliphatic rings. The van der Waals surface area contributed by atoms with Crippen molar-refractivity contribution in [3.05, 3.63) is 22.3 Å². The minimum Gasteiger partial charge on any atom is -0.449 e. The Morgan fingerprint density at radius 3 is 2.88 bits per heavy atom. The van der Waals surface area contributed by atoms with Crippen LogP contribution in [0, 0.1) is 12.8 Å². The summed E-state index contributed by atoms with van der Waals surface area (Å²) in [6, 6.07) is 1.78. The standard InChI is InChI=1S/C11H15BrN2O2/c1-7(2)6-16-11(15)14-10-4-8(3)9(12)5-13-10/h4-5,7H,6H2,1-3H3,(H,13,14,15). The van der Waals surface area contributed by atoms with Crippen molar-refractivity contribution in [3.63, 3.8) is 0 Å². The Balaban J connectivity index is 2.53. The van der Waals surface area contributed by atoms with Gasteiger partial charge in [-0.15, -0.1) is 0 Å². The molecule has 1 N–H and O–H groups in total. The smallest absolute Gasteiger partial charge is 0.412 e. The van der Waals surface area contributed by atoms with E-state index in [1.54, 1.807) is 12.3 Å². The Hall–Kier alpha value is -1.10. The lowest BCUT2D eigenvalue weighted by Gasteiger charge is -2.08. The molecule has 1 rings (SSSR count). The predicted octanol–water partition coefficient (Wildman–Crippen LogP) is 3.36. The van der Waals surface area contributed by atoms with Gasteiger partial charge in [-0.05, 0) is 40.4 Å². The molecular weight excluding hydrogens is 272 g/mol. The molecule has 4 nitrogen and oxygen atoms in total. The van der Waals surface area contributed by atoms with Crippen molar-refractivity contribution in [2.45, 2.75) is 20.8 Å². The van der Waals surface area contributed by atoms with Crippen molar-refractivity contribution in [1.82, 2.24) is 4.98 Å². The lowest BCUT2D eigenvalue weighted by molar-refractivity contribution is 0.147. The second-order valence-corrected chi connectivity index (χ2v) is 4.79. The molecule has 0 spiro atoms. The van der Waals surface area contributed by atoms with Gasteiger partial charge in [-0.1, -0.05) is 13.8 Å². The second kappa shape index (κ2) is 5.84. The summed E-state index contributed by atoms with van der Waals surface area (Å²) >= 11 is 3.34. The van der Waals surface area contributed by atoms with Crippen molar-refractivity contribution in [3.8, 4) is 0 Å². The minimum atomic E-state index is -0.470. The predicted molar refractivity (Wildman–Crippen MR) is 66.5 cm³/mol. The third-order valence-electron chi connectivity index (χ3n) is 1.82. The van der Waals surface area contributed by atoms with Crippen molar-refractivity contribution in [2.24, 2.45) is 5.92 Å². The number of nitrogens with one attached hydrogen (secondary N) is 1. The number of aryl methyl sites for hydroxylation is 1. The zero-order valence-electron chi connectivity index (χ0n) is 9.58. The molecule has 1 aromatic heterocycles. The molecular formula is C11H15BrN2O2. The van der Waals surface area contributed by atoms with Gasteiger partial charge in [0.2, 0.25) is 0 Å². The molecule has 1 aromatic rings. The fraction of sp³-hybridized carbons (Fsp3) is 0.455. The van der Waals surface area contributed by atoms with Gasteiger partial charge in [-0.3, -0.25) is 5.32 Å². The van der Waals surface area contributed by atoms with Gasteiger partial charge < -0.3 is 4.74 Å². The molecule has 16 heavy (non-hydrogen) atoms. The van der Waals surface area contributed by atoms with Gasteiger partial charge in [-0.2, -0.15) is 0 Å². The van der Waals surface area contributed by atoms with Crippen LogP contribution in [0.2, 0.25) is 0 Å². The Morgan fingerprint density at radius 1 is 1.62 bits per heavy atom. The minimum absolute atomic E-state index is 0.324. The number of aromatic nitrogens is 1.